The maximum Gasteiger partial charge on any atom is 0.170 e. The third-order valence-corrected chi connectivity index (χ3v) is 2.64. The molecule has 0 N–H and O–H groups in total. The Morgan fingerprint density at radius 2 is 1.94 bits per heavy atom. The summed E-state index contributed by atoms with van der Waals surface area (Å²) >= 11 is 0. The first-order chi connectivity index (χ1) is 8.04. The van der Waals surface area contributed by atoms with E-state index in [2.05, 4.69) is 0 Å². The van der Waals surface area contributed by atoms with Gasteiger partial charge in [0.2, 0.25) is 0 Å². The van der Waals surface area contributed by atoms with Crippen molar-refractivity contribution in [3.05, 3.63) is 34.9 Å². The molecule has 1 rings (SSSR count). The van der Waals surface area contributed by atoms with Gasteiger partial charge in [0.05, 0.1) is 13.0 Å². The molecule has 92 valence electrons. The second-order valence-electron chi connectivity index (χ2n) is 4.20. The highest BCUT2D eigenvalue weighted by atomic mass is 16.5. The van der Waals surface area contributed by atoms with Crippen molar-refractivity contribution in [3.63, 3.8) is 0 Å². The largest absolute Gasteiger partial charge is 0.384 e. The summed E-state index contributed by atoms with van der Waals surface area (Å²) in [7, 11) is 1.54. The van der Waals surface area contributed by atoms with E-state index in [0.29, 0.717) is 18.6 Å². The summed E-state index contributed by atoms with van der Waals surface area (Å²) in [4.78, 5) is 23.4. The van der Waals surface area contributed by atoms with Crippen LogP contribution in [0.2, 0.25) is 0 Å². The van der Waals surface area contributed by atoms with Gasteiger partial charge >= 0.3 is 0 Å². The molecule has 3 nitrogen and oxygen atoms in total. The van der Waals surface area contributed by atoms with Crippen LogP contribution in [0.25, 0.3) is 0 Å². The number of hydrogen-bond donors (Lipinski definition) is 0. The van der Waals surface area contributed by atoms with Gasteiger partial charge in [-0.1, -0.05) is 17.7 Å². The van der Waals surface area contributed by atoms with E-state index in [-0.39, 0.29) is 18.0 Å². The summed E-state index contributed by atoms with van der Waals surface area (Å²) in [6, 6.07) is 5.70. The zero-order valence-electron chi connectivity index (χ0n) is 10.6. The molecule has 0 atom stereocenters. The zero-order chi connectivity index (χ0) is 12.8. The molecule has 0 aromatic heterocycles. The molecule has 0 unspecified atom stereocenters. The number of benzene rings is 1. The predicted octanol–water partition coefficient (Wildman–Crippen LogP) is 2.48. The fraction of sp³-hybridized carbons (Fsp3) is 0.429. The van der Waals surface area contributed by atoms with Crippen molar-refractivity contribution in [2.24, 2.45) is 0 Å². The minimum Gasteiger partial charge on any atom is -0.384 e. The highest BCUT2D eigenvalue weighted by Gasteiger charge is 2.13. The summed E-state index contributed by atoms with van der Waals surface area (Å²) in [5, 5.41) is 0. The molecule has 0 aliphatic heterocycles. The lowest BCUT2D eigenvalue weighted by atomic mass is 9.98. The van der Waals surface area contributed by atoms with E-state index in [4.69, 9.17) is 4.74 Å². The van der Waals surface area contributed by atoms with Crippen molar-refractivity contribution in [2.75, 3.05) is 13.7 Å². The maximum atomic E-state index is 11.9. The Morgan fingerprint density at radius 1 is 1.24 bits per heavy atom. The van der Waals surface area contributed by atoms with Gasteiger partial charge in [-0.3, -0.25) is 9.59 Å². The van der Waals surface area contributed by atoms with Gasteiger partial charge in [-0.2, -0.15) is 0 Å². The lowest BCUT2D eigenvalue weighted by Crippen LogP contribution is -2.11. The second-order valence-corrected chi connectivity index (χ2v) is 4.20. The quantitative estimate of drug-likeness (QED) is 0.561. The van der Waals surface area contributed by atoms with E-state index < -0.39 is 0 Å². The third-order valence-electron chi connectivity index (χ3n) is 2.64. The fourth-order valence-corrected chi connectivity index (χ4v) is 1.61. The van der Waals surface area contributed by atoms with Crippen LogP contribution in [0.15, 0.2) is 18.2 Å². The van der Waals surface area contributed by atoms with Crippen LogP contribution in [-0.2, 0) is 9.53 Å². The molecular weight excluding hydrogens is 216 g/mol. The highest BCUT2D eigenvalue weighted by molar-refractivity contribution is 6.08. The predicted molar refractivity (Wildman–Crippen MR) is 66.4 cm³/mol. The monoisotopic (exact) mass is 234 g/mol. The van der Waals surface area contributed by atoms with Gasteiger partial charge in [0.25, 0.3) is 0 Å². The van der Waals surface area contributed by atoms with Crippen LogP contribution < -0.4 is 0 Å². The number of aryl methyl sites for hydroxylation is 2. The van der Waals surface area contributed by atoms with Crippen molar-refractivity contribution in [1.29, 1.82) is 0 Å². The molecule has 0 saturated heterocycles. The molecule has 0 amide bonds. The number of ether oxygens (including phenoxy) is 1. The van der Waals surface area contributed by atoms with Crippen molar-refractivity contribution < 1.29 is 14.3 Å². The van der Waals surface area contributed by atoms with Crippen LogP contribution in [0.1, 0.15) is 34.3 Å². The Morgan fingerprint density at radius 3 is 2.59 bits per heavy atom. The number of carbonyl (C=O) groups excluding carboxylic acids is 2. The number of Topliss-reactive ketones (excluding diaryl/α,β-unsaturated/α-hetero) is 2. The summed E-state index contributed by atoms with van der Waals surface area (Å²) in [6.45, 7) is 4.19. The van der Waals surface area contributed by atoms with Gasteiger partial charge in [0, 0.05) is 19.1 Å². The Hall–Kier alpha value is -1.48. The molecule has 0 heterocycles. The summed E-state index contributed by atoms with van der Waals surface area (Å²) < 4.78 is 4.81. The number of rotatable bonds is 6. The van der Waals surface area contributed by atoms with E-state index in [0.717, 1.165) is 11.1 Å². The molecule has 0 bridgehead atoms. The van der Waals surface area contributed by atoms with E-state index in [1.807, 2.05) is 32.0 Å². The van der Waals surface area contributed by atoms with Crippen LogP contribution >= 0.6 is 0 Å². The Balaban J connectivity index is 2.69. The molecule has 0 spiro atoms. The molecular formula is C14H18O3. The van der Waals surface area contributed by atoms with Crippen LogP contribution in [0.3, 0.4) is 0 Å². The maximum absolute atomic E-state index is 11.9. The fourth-order valence-electron chi connectivity index (χ4n) is 1.61. The third kappa shape index (κ3) is 4.11. The summed E-state index contributed by atoms with van der Waals surface area (Å²) in [6.07, 6.45) is 0.265. The van der Waals surface area contributed by atoms with E-state index >= 15 is 0 Å². The summed E-state index contributed by atoms with van der Waals surface area (Å²) in [5.41, 5.74) is 2.60. The molecule has 0 aliphatic carbocycles. The molecule has 0 fully saturated rings. The Labute approximate surface area is 102 Å². The van der Waals surface area contributed by atoms with Gasteiger partial charge < -0.3 is 4.74 Å². The van der Waals surface area contributed by atoms with Crippen LogP contribution in [0.4, 0.5) is 0 Å². The van der Waals surface area contributed by atoms with Crippen molar-refractivity contribution in [2.45, 2.75) is 26.7 Å². The van der Waals surface area contributed by atoms with Gasteiger partial charge in [0.1, 0.15) is 5.78 Å². The highest BCUT2D eigenvalue weighted by Crippen LogP contribution is 2.13. The van der Waals surface area contributed by atoms with Gasteiger partial charge in [-0.15, -0.1) is 0 Å². The van der Waals surface area contributed by atoms with Crippen LogP contribution in [0, 0.1) is 13.8 Å². The van der Waals surface area contributed by atoms with Crippen molar-refractivity contribution in [3.8, 4) is 0 Å². The van der Waals surface area contributed by atoms with Gasteiger partial charge in [-0.25, -0.2) is 0 Å². The number of ketones is 2. The second kappa shape index (κ2) is 6.30. The number of methoxy groups -OCH3 is 1. The standard InChI is InChI=1S/C14H18O3/c1-10-4-5-11(2)13(8-10)14(16)9-12(15)6-7-17-3/h4-5,8H,6-7,9H2,1-3H3. The lowest BCUT2D eigenvalue weighted by molar-refractivity contribution is -0.119. The first kappa shape index (κ1) is 13.6. The van der Waals surface area contributed by atoms with Crippen molar-refractivity contribution >= 4 is 11.6 Å². The van der Waals surface area contributed by atoms with Crippen LogP contribution in [-0.4, -0.2) is 25.3 Å². The molecule has 1 aromatic carbocycles. The smallest absolute Gasteiger partial charge is 0.170 e. The van der Waals surface area contributed by atoms with E-state index in [1.165, 1.54) is 0 Å². The first-order valence-electron chi connectivity index (χ1n) is 5.65. The topological polar surface area (TPSA) is 43.4 Å². The van der Waals surface area contributed by atoms with Gasteiger partial charge in [-0.05, 0) is 25.5 Å². The SMILES string of the molecule is COCCC(=O)CC(=O)c1cc(C)ccc1C. The lowest BCUT2D eigenvalue weighted by Gasteiger charge is -2.05. The average molecular weight is 234 g/mol. The molecule has 1 aromatic rings. The van der Waals surface area contributed by atoms with E-state index in [9.17, 15) is 9.59 Å². The molecule has 0 saturated carbocycles. The number of hydrogen-bond acceptors (Lipinski definition) is 3. The summed E-state index contributed by atoms with van der Waals surface area (Å²) in [5.74, 6) is -0.176. The number of carbonyl (C=O) groups is 2. The zero-order valence-corrected chi connectivity index (χ0v) is 10.6. The Kier molecular flexibility index (Phi) is 5.04. The molecule has 17 heavy (non-hydrogen) atoms. The van der Waals surface area contributed by atoms with E-state index in [1.54, 1.807) is 7.11 Å². The van der Waals surface area contributed by atoms with Gasteiger partial charge in [0.15, 0.2) is 5.78 Å². The normalized spacial score (nSPS) is 10.3. The minimum absolute atomic E-state index is 0.0341. The molecule has 3 heteroatoms. The molecule has 0 aliphatic rings. The average Bonchev–Trinajstić information content (AvgIpc) is 2.29. The Bertz CT molecular complexity index is 421. The molecule has 0 radical (unpaired) electrons. The minimum atomic E-state index is -0.104. The van der Waals surface area contributed by atoms with Crippen LogP contribution in [0.5, 0.6) is 0 Å². The first-order valence-corrected chi connectivity index (χ1v) is 5.65. The van der Waals surface area contributed by atoms with Crippen molar-refractivity contribution in [1.82, 2.24) is 0 Å².